The summed E-state index contributed by atoms with van der Waals surface area (Å²) in [6.45, 7) is 10.7. The Kier molecular flexibility index (Phi) is 10.9. The number of benzene rings is 2. The van der Waals surface area contributed by atoms with Crippen LogP contribution in [0.3, 0.4) is 0 Å². The van der Waals surface area contributed by atoms with Crippen LogP contribution in [-0.2, 0) is 23.4 Å². The Morgan fingerprint density at radius 3 is 1.79 bits per heavy atom. The van der Waals surface area contributed by atoms with Crippen LogP contribution < -0.4 is 10.4 Å². The molecule has 2 rings (SSSR count). The molecule has 182 valence electrons. The van der Waals surface area contributed by atoms with Crippen molar-refractivity contribution in [1.82, 2.24) is 0 Å². The number of methoxy groups -OCH3 is 2. The number of aliphatic hydroxyl groups is 1. The van der Waals surface area contributed by atoms with Crippen molar-refractivity contribution in [2.24, 2.45) is 0 Å². The van der Waals surface area contributed by atoms with E-state index in [-0.39, 0.29) is 31.8 Å². The molecule has 2 aromatic rings. The van der Waals surface area contributed by atoms with Gasteiger partial charge in [-0.1, -0.05) is 88.0 Å². The highest BCUT2D eigenvalue weighted by atomic mass is 28.4. The lowest BCUT2D eigenvalue weighted by atomic mass is 10.1. The fourth-order valence-electron chi connectivity index (χ4n) is 4.07. The summed E-state index contributed by atoms with van der Waals surface area (Å²) >= 11 is 0. The Morgan fingerprint density at radius 1 is 0.879 bits per heavy atom. The van der Waals surface area contributed by atoms with Gasteiger partial charge in [0.1, 0.15) is 25.8 Å². The average molecular weight is 475 g/mol. The first-order chi connectivity index (χ1) is 15.8. The third kappa shape index (κ3) is 6.83. The van der Waals surface area contributed by atoms with E-state index in [2.05, 4.69) is 51.6 Å². The molecule has 0 fully saturated rings. The third-order valence-electron chi connectivity index (χ3n) is 5.59. The quantitative estimate of drug-likeness (QED) is 0.258. The second-order valence-corrected chi connectivity index (χ2v) is 13.2. The fourth-order valence-corrected chi connectivity index (χ4v) is 8.64. The van der Waals surface area contributed by atoms with Crippen LogP contribution in [0, 0.1) is 0 Å². The van der Waals surface area contributed by atoms with E-state index in [0.29, 0.717) is 5.57 Å². The minimum atomic E-state index is -2.77. The van der Waals surface area contributed by atoms with Gasteiger partial charge in [-0.15, -0.1) is 0 Å². The molecule has 0 saturated carbocycles. The van der Waals surface area contributed by atoms with Gasteiger partial charge in [0.05, 0.1) is 13.2 Å². The minimum absolute atomic E-state index is 0.0374. The Balaban J connectivity index is 2.52. The summed E-state index contributed by atoms with van der Waals surface area (Å²) in [7, 11) is 0.333. The zero-order valence-corrected chi connectivity index (χ0v) is 21.5. The number of hydrogen-bond acceptors (Lipinski definition) is 6. The van der Waals surface area contributed by atoms with Crippen molar-refractivity contribution < 1.29 is 28.5 Å². The molecule has 7 heteroatoms. The van der Waals surface area contributed by atoms with E-state index in [1.807, 2.05) is 36.4 Å². The first-order valence-electron chi connectivity index (χ1n) is 11.1. The van der Waals surface area contributed by atoms with Crippen molar-refractivity contribution >= 4 is 18.7 Å². The van der Waals surface area contributed by atoms with Crippen molar-refractivity contribution in [3.8, 4) is 0 Å². The Hall–Kier alpha value is -1.84. The predicted molar refractivity (Wildman–Crippen MR) is 133 cm³/mol. The molecule has 33 heavy (non-hydrogen) atoms. The molecule has 0 unspecified atom stereocenters. The highest BCUT2D eigenvalue weighted by Gasteiger charge is 2.50. The van der Waals surface area contributed by atoms with Crippen LogP contribution in [0.15, 0.2) is 72.8 Å². The van der Waals surface area contributed by atoms with E-state index < -0.39 is 20.5 Å². The maximum absolute atomic E-state index is 9.75. The van der Waals surface area contributed by atoms with Gasteiger partial charge in [-0.3, -0.25) is 0 Å². The van der Waals surface area contributed by atoms with Gasteiger partial charge in [0.2, 0.25) is 0 Å². The summed E-state index contributed by atoms with van der Waals surface area (Å²) in [4.78, 5) is 0. The van der Waals surface area contributed by atoms with Gasteiger partial charge in [-0.05, 0) is 21.0 Å². The van der Waals surface area contributed by atoms with E-state index >= 15 is 0 Å². The number of ether oxygens (including phenoxy) is 4. The molecule has 0 heterocycles. The standard InChI is InChI=1S/C26H38O6Si/c1-21(17-27)25(31-20-29-6)24(30-19-28-5)18-32-33(26(2,3)4,22-13-9-7-10-14-22)23-15-11-8-12-16-23/h7-16,24-25,27H,1,17-20H2,2-6H3/t24-,25-/m1/s1. The lowest BCUT2D eigenvalue weighted by Gasteiger charge is -2.44. The van der Waals surface area contributed by atoms with Crippen LogP contribution in [0.5, 0.6) is 0 Å². The molecule has 2 aromatic carbocycles. The normalized spacial score (nSPS) is 14.1. The topological polar surface area (TPSA) is 66.4 Å². The van der Waals surface area contributed by atoms with Gasteiger partial charge in [0.25, 0.3) is 8.32 Å². The maximum atomic E-state index is 9.75. The molecule has 2 atom stereocenters. The largest absolute Gasteiger partial charge is 0.405 e. The van der Waals surface area contributed by atoms with Crippen molar-refractivity contribution in [3.63, 3.8) is 0 Å². The Bertz CT molecular complexity index is 782. The highest BCUT2D eigenvalue weighted by molar-refractivity contribution is 6.99. The van der Waals surface area contributed by atoms with Gasteiger partial charge in [-0.25, -0.2) is 0 Å². The molecule has 0 aromatic heterocycles. The number of hydrogen-bond donors (Lipinski definition) is 1. The SMILES string of the molecule is C=C(CO)[C@@H](OCOC)[C@@H](CO[Si](c1ccccc1)(c1ccccc1)C(C)(C)C)OCOC. The van der Waals surface area contributed by atoms with Crippen LogP contribution in [0.1, 0.15) is 20.8 Å². The van der Waals surface area contributed by atoms with E-state index in [0.717, 1.165) is 0 Å². The maximum Gasteiger partial charge on any atom is 0.261 e. The molecule has 0 aliphatic heterocycles. The summed E-state index contributed by atoms with van der Waals surface area (Å²) in [6, 6.07) is 20.8. The molecule has 0 spiro atoms. The van der Waals surface area contributed by atoms with Gasteiger partial charge < -0.3 is 28.5 Å². The van der Waals surface area contributed by atoms with E-state index in [4.69, 9.17) is 23.4 Å². The van der Waals surface area contributed by atoms with Crippen molar-refractivity contribution in [2.45, 2.75) is 38.0 Å². The summed E-state index contributed by atoms with van der Waals surface area (Å²) < 4.78 is 29.1. The lowest BCUT2D eigenvalue weighted by Crippen LogP contribution is -2.67. The van der Waals surface area contributed by atoms with Gasteiger partial charge in [0.15, 0.2) is 0 Å². The first-order valence-corrected chi connectivity index (χ1v) is 13.0. The Labute approximate surface area is 199 Å². The third-order valence-corrected chi connectivity index (χ3v) is 10.6. The molecule has 0 saturated heterocycles. The van der Waals surface area contributed by atoms with Crippen LogP contribution >= 0.6 is 0 Å². The monoisotopic (exact) mass is 474 g/mol. The molecule has 0 aliphatic rings. The molecule has 6 nitrogen and oxygen atoms in total. The van der Waals surface area contributed by atoms with Gasteiger partial charge in [-0.2, -0.15) is 0 Å². The molecule has 0 bridgehead atoms. The number of rotatable bonds is 14. The molecule has 0 aliphatic carbocycles. The van der Waals surface area contributed by atoms with E-state index in [1.165, 1.54) is 10.4 Å². The second kappa shape index (κ2) is 13.1. The summed E-state index contributed by atoms with van der Waals surface area (Å²) in [5.41, 5.74) is 0.485. The molecule has 1 N–H and O–H groups in total. The summed E-state index contributed by atoms with van der Waals surface area (Å²) in [5, 5.41) is 11.9. The van der Waals surface area contributed by atoms with Gasteiger partial charge in [0, 0.05) is 14.2 Å². The smallest absolute Gasteiger partial charge is 0.261 e. The fraction of sp³-hybridized carbons (Fsp3) is 0.462. The Morgan fingerprint density at radius 2 is 1.36 bits per heavy atom. The van der Waals surface area contributed by atoms with Crippen LogP contribution in [0.4, 0.5) is 0 Å². The summed E-state index contributed by atoms with van der Waals surface area (Å²) in [5.74, 6) is 0. The highest BCUT2D eigenvalue weighted by Crippen LogP contribution is 2.37. The van der Waals surface area contributed by atoms with Crippen LogP contribution in [0.2, 0.25) is 5.04 Å². The second-order valence-electron chi connectivity index (χ2n) is 8.90. The molecule has 0 amide bonds. The van der Waals surface area contributed by atoms with Crippen molar-refractivity contribution in [2.75, 3.05) is 41.0 Å². The predicted octanol–water partition coefficient (Wildman–Crippen LogP) is 3.09. The van der Waals surface area contributed by atoms with Crippen molar-refractivity contribution in [3.05, 3.63) is 72.8 Å². The minimum Gasteiger partial charge on any atom is -0.405 e. The molecular weight excluding hydrogens is 436 g/mol. The first kappa shape index (κ1) is 27.4. The van der Waals surface area contributed by atoms with Crippen LogP contribution in [-0.4, -0.2) is 66.7 Å². The zero-order valence-electron chi connectivity index (χ0n) is 20.5. The molecule has 0 radical (unpaired) electrons. The zero-order chi connectivity index (χ0) is 24.3. The van der Waals surface area contributed by atoms with Crippen molar-refractivity contribution in [1.29, 1.82) is 0 Å². The summed E-state index contributed by atoms with van der Waals surface area (Å²) in [6.07, 6.45) is -1.18. The van der Waals surface area contributed by atoms with Crippen LogP contribution in [0.25, 0.3) is 0 Å². The van der Waals surface area contributed by atoms with E-state index in [9.17, 15) is 5.11 Å². The molecular formula is C26H38O6Si. The van der Waals surface area contributed by atoms with Gasteiger partial charge >= 0.3 is 0 Å². The van der Waals surface area contributed by atoms with E-state index in [1.54, 1.807) is 14.2 Å². The number of aliphatic hydroxyl groups excluding tert-OH is 1. The lowest BCUT2D eigenvalue weighted by molar-refractivity contribution is -0.156. The average Bonchev–Trinajstić information content (AvgIpc) is 2.82.